The summed E-state index contributed by atoms with van der Waals surface area (Å²) in [5, 5.41) is 18.5. The van der Waals surface area contributed by atoms with Crippen molar-refractivity contribution in [2.45, 2.75) is 45.1 Å². The molecule has 1 atom stereocenters. The highest BCUT2D eigenvalue weighted by molar-refractivity contribution is 5.87. The third-order valence-corrected chi connectivity index (χ3v) is 3.53. The largest absolute Gasteiger partial charge is 0.479 e. The lowest BCUT2D eigenvalue weighted by Gasteiger charge is -2.36. The van der Waals surface area contributed by atoms with Crippen molar-refractivity contribution in [2.24, 2.45) is 5.92 Å². The van der Waals surface area contributed by atoms with E-state index >= 15 is 0 Å². The van der Waals surface area contributed by atoms with Crippen molar-refractivity contribution in [3.63, 3.8) is 0 Å². The van der Waals surface area contributed by atoms with Crippen LogP contribution in [0.4, 0.5) is 0 Å². The Morgan fingerprint density at radius 2 is 2.14 bits per heavy atom. The standard InChI is InChI=1S/C16H26N2O4/c1-5-6-7-14(19)18(4)16(9-10-17,15(20)21)12-22-11-8-13(2)3/h5,13H,1,6-9,11-12H2,2-4H3,(H,20,21). The van der Waals surface area contributed by atoms with Crippen LogP contribution in [0.3, 0.4) is 0 Å². The van der Waals surface area contributed by atoms with Crippen LogP contribution in [0, 0.1) is 17.2 Å². The molecule has 0 bridgehead atoms. The average Bonchev–Trinajstić information content (AvgIpc) is 2.46. The van der Waals surface area contributed by atoms with Gasteiger partial charge in [0.1, 0.15) is 0 Å². The van der Waals surface area contributed by atoms with E-state index in [0.717, 1.165) is 11.3 Å². The molecule has 0 aliphatic rings. The van der Waals surface area contributed by atoms with Gasteiger partial charge >= 0.3 is 5.97 Å². The summed E-state index contributed by atoms with van der Waals surface area (Å²) >= 11 is 0. The van der Waals surface area contributed by atoms with Gasteiger partial charge in [0.2, 0.25) is 5.91 Å². The molecule has 0 aromatic carbocycles. The van der Waals surface area contributed by atoms with Gasteiger partial charge in [-0.25, -0.2) is 4.79 Å². The molecule has 1 amide bonds. The molecule has 0 heterocycles. The summed E-state index contributed by atoms with van der Waals surface area (Å²) in [6.45, 7) is 7.81. The number of carbonyl (C=O) groups excluding carboxylic acids is 1. The third-order valence-electron chi connectivity index (χ3n) is 3.53. The highest BCUT2D eigenvalue weighted by Gasteiger charge is 2.45. The Labute approximate surface area is 132 Å². The first-order valence-corrected chi connectivity index (χ1v) is 7.37. The van der Waals surface area contributed by atoms with Gasteiger partial charge in [-0.15, -0.1) is 6.58 Å². The molecular formula is C16H26N2O4. The number of amides is 1. The Hall–Kier alpha value is -1.87. The van der Waals surface area contributed by atoms with E-state index in [9.17, 15) is 14.7 Å². The fraction of sp³-hybridized carbons (Fsp3) is 0.688. The van der Waals surface area contributed by atoms with Crippen molar-refractivity contribution in [3.8, 4) is 6.07 Å². The normalized spacial score (nSPS) is 13.2. The summed E-state index contributed by atoms with van der Waals surface area (Å²) in [5.74, 6) is -1.14. The predicted octanol–water partition coefficient (Wildman–Crippen LogP) is 2.21. The topological polar surface area (TPSA) is 90.6 Å². The van der Waals surface area contributed by atoms with Crippen molar-refractivity contribution >= 4 is 11.9 Å². The van der Waals surface area contributed by atoms with Crippen LogP contribution < -0.4 is 0 Å². The Kier molecular flexibility index (Phi) is 9.11. The zero-order valence-corrected chi connectivity index (χ0v) is 13.7. The van der Waals surface area contributed by atoms with E-state index in [1.165, 1.54) is 7.05 Å². The predicted molar refractivity (Wildman–Crippen MR) is 83.1 cm³/mol. The summed E-state index contributed by atoms with van der Waals surface area (Å²) in [4.78, 5) is 25.0. The number of aliphatic carboxylic acids is 1. The quantitative estimate of drug-likeness (QED) is 0.467. The Morgan fingerprint density at radius 3 is 2.59 bits per heavy atom. The van der Waals surface area contributed by atoms with Crippen LogP contribution in [0.5, 0.6) is 0 Å². The number of hydrogen-bond acceptors (Lipinski definition) is 4. The summed E-state index contributed by atoms with van der Waals surface area (Å²) in [5.41, 5.74) is -1.65. The molecule has 0 rings (SSSR count). The van der Waals surface area contributed by atoms with Gasteiger partial charge in [0.05, 0.1) is 19.1 Å². The summed E-state index contributed by atoms with van der Waals surface area (Å²) < 4.78 is 5.45. The van der Waals surface area contributed by atoms with Gasteiger partial charge in [0.15, 0.2) is 5.54 Å². The molecule has 6 nitrogen and oxygen atoms in total. The van der Waals surface area contributed by atoms with Crippen LogP contribution in [0.25, 0.3) is 0 Å². The number of likely N-dealkylation sites (N-methyl/N-ethyl adjacent to an activating group) is 1. The number of carboxylic acid groups (broad SMARTS) is 1. The van der Waals surface area contributed by atoms with Crippen LogP contribution in [-0.2, 0) is 14.3 Å². The van der Waals surface area contributed by atoms with Crippen molar-refractivity contribution in [1.82, 2.24) is 4.90 Å². The van der Waals surface area contributed by atoms with Crippen LogP contribution in [0.2, 0.25) is 0 Å². The highest BCUT2D eigenvalue weighted by atomic mass is 16.5. The summed E-state index contributed by atoms with van der Waals surface area (Å²) in [6, 6.07) is 1.86. The van der Waals surface area contributed by atoms with Gasteiger partial charge in [-0.1, -0.05) is 19.9 Å². The minimum absolute atomic E-state index is 0.159. The molecule has 0 fully saturated rings. The average molecular weight is 310 g/mol. The van der Waals surface area contributed by atoms with Crippen LogP contribution in [0.1, 0.15) is 39.5 Å². The maximum Gasteiger partial charge on any atom is 0.333 e. The molecule has 0 saturated heterocycles. The van der Waals surface area contributed by atoms with E-state index in [0.29, 0.717) is 18.9 Å². The maximum absolute atomic E-state index is 12.1. The van der Waals surface area contributed by atoms with Crippen molar-refractivity contribution in [1.29, 1.82) is 5.26 Å². The van der Waals surface area contributed by atoms with Crippen LogP contribution in [-0.4, -0.2) is 47.7 Å². The minimum Gasteiger partial charge on any atom is -0.479 e. The molecule has 6 heteroatoms. The fourth-order valence-corrected chi connectivity index (χ4v) is 1.87. The molecule has 0 aliphatic carbocycles. The Bertz CT molecular complexity index is 428. The Morgan fingerprint density at radius 1 is 1.50 bits per heavy atom. The third kappa shape index (κ3) is 5.86. The molecule has 0 aromatic heterocycles. The number of ether oxygens (including phenoxy) is 1. The van der Waals surface area contributed by atoms with Crippen LogP contribution >= 0.6 is 0 Å². The van der Waals surface area contributed by atoms with E-state index in [1.807, 2.05) is 19.9 Å². The number of carboxylic acids is 1. The molecule has 0 saturated carbocycles. The second-order valence-electron chi connectivity index (χ2n) is 5.69. The van der Waals surface area contributed by atoms with Crippen molar-refractivity contribution in [3.05, 3.63) is 12.7 Å². The van der Waals surface area contributed by atoms with E-state index < -0.39 is 11.5 Å². The van der Waals surface area contributed by atoms with Crippen LogP contribution in [0.15, 0.2) is 12.7 Å². The molecule has 22 heavy (non-hydrogen) atoms. The molecular weight excluding hydrogens is 284 g/mol. The lowest BCUT2D eigenvalue weighted by molar-refractivity contribution is -0.162. The van der Waals surface area contributed by atoms with Crippen molar-refractivity contribution < 1.29 is 19.4 Å². The lowest BCUT2D eigenvalue weighted by atomic mass is 9.94. The molecule has 124 valence electrons. The zero-order valence-electron chi connectivity index (χ0n) is 13.7. The monoisotopic (exact) mass is 310 g/mol. The number of hydrogen-bond donors (Lipinski definition) is 1. The maximum atomic E-state index is 12.1. The molecule has 1 N–H and O–H groups in total. The number of nitrogens with zero attached hydrogens (tertiary/aromatic N) is 2. The molecule has 0 radical (unpaired) electrons. The molecule has 0 aliphatic heterocycles. The van der Waals surface area contributed by atoms with Gasteiger partial charge in [-0.05, 0) is 18.8 Å². The first-order valence-electron chi connectivity index (χ1n) is 7.37. The number of allylic oxidation sites excluding steroid dienone is 1. The van der Waals surface area contributed by atoms with Gasteiger partial charge in [0, 0.05) is 20.1 Å². The number of rotatable bonds is 11. The van der Waals surface area contributed by atoms with E-state index in [1.54, 1.807) is 6.08 Å². The number of nitriles is 1. The highest BCUT2D eigenvalue weighted by Crippen LogP contribution is 2.21. The first-order chi connectivity index (χ1) is 10.3. The Balaban J connectivity index is 5.06. The van der Waals surface area contributed by atoms with Gasteiger partial charge in [-0.3, -0.25) is 4.79 Å². The minimum atomic E-state index is -1.65. The van der Waals surface area contributed by atoms with E-state index in [-0.39, 0.29) is 25.4 Å². The summed E-state index contributed by atoms with van der Waals surface area (Å²) in [7, 11) is 1.41. The second-order valence-corrected chi connectivity index (χ2v) is 5.69. The SMILES string of the molecule is C=CCCC(=O)N(C)C(CC#N)(COCCC(C)C)C(=O)O. The van der Waals surface area contributed by atoms with Gasteiger partial charge in [0.25, 0.3) is 0 Å². The van der Waals surface area contributed by atoms with E-state index in [2.05, 4.69) is 6.58 Å². The smallest absolute Gasteiger partial charge is 0.333 e. The zero-order chi connectivity index (χ0) is 17.2. The van der Waals surface area contributed by atoms with Gasteiger partial charge < -0.3 is 14.7 Å². The van der Waals surface area contributed by atoms with Gasteiger partial charge in [-0.2, -0.15) is 5.26 Å². The number of carbonyl (C=O) groups is 2. The molecule has 0 spiro atoms. The molecule has 1 unspecified atom stereocenters. The fourth-order valence-electron chi connectivity index (χ4n) is 1.87. The molecule has 0 aromatic rings. The van der Waals surface area contributed by atoms with E-state index in [4.69, 9.17) is 10.00 Å². The van der Waals surface area contributed by atoms with Crippen molar-refractivity contribution in [2.75, 3.05) is 20.3 Å². The lowest BCUT2D eigenvalue weighted by Crippen LogP contribution is -2.58. The summed E-state index contributed by atoms with van der Waals surface area (Å²) in [6.07, 6.45) is 2.68. The first kappa shape index (κ1) is 20.1. The second kappa shape index (κ2) is 9.96.